The zero-order valence-electron chi connectivity index (χ0n) is 17.1. The lowest BCUT2D eigenvalue weighted by Gasteiger charge is -2.55. The third-order valence-corrected chi connectivity index (χ3v) is 9.34. The fourth-order valence-corrected chi connectivity index (χ4v) is 8.15. The maximum atomic E-state index is 13.2. The normalized spacial score (nSPS) is 34.1. The summed E-state index contributed by atoms with van der Waals surface area (Å²) in [4.78, 5) is 20.4. The van der Waals surface area contributed by atoms with Gasteiger partial charge in [0.2, 0.25) is 5.91 Å². The van der Waals surface area contributed by atoms with Crippen LogP contribution in [-0.4, -0.2) is 30.5 Å². The first-order valence-electron chi connectivity index (χ1n) is 11.6. The summed E-state index contributed by atoms with van der Waals surface area (Å²) in [5.41, 5.74) is 1.11. The highest BCUT2D eigenvalue weighted by Crippen LogP contribution is 2.60. The molecule has 154 valence electrons. The Balaban J connectivity index is 1.04. The van der Waals surface area contributed by atoms with E-state index in [0.717, 1.165) is 60.9 Å². The highest BCUT2D eigenvalue weighted by molar-refractivity contribution is 7.22. The minimum absolute atomic E-state index is 0.00352. The van der Waals surface area contributed by atoms with Crippen molar-refractivity contribution in [2.45, 2.75) is 51.4 Å². The lowest BCUT2D eigenvalue weighted by Crippen LogP contribution is -2.54. The molecule has 5 aliphatic rings. The van der Waals surface area contributed by atoms with E-state index >= 15 is 0 Å². The number of piperidine rings is 1. The topological polar surface area (TPSA) is 45.2 Å². The number of amides is 1. The summed E-state index contributed by atoms with van der Waals surface area (Å²) in [5, 5.41) is 4.57. The van der Waals surface area contributed by atoms with Crippen molar-refractivity contribution in [2.75, 3.05) is 24.5 Å². The van der Waals surface area contributed by atoms with Gasteiger partial charge in [0.1, 0.15) is 0 Å². The third-order valence-electron chi connectivity index (χ3n) is 8.24. The molecule has 1 aliphatic heterocycles. The molecule has 0 spiro atoms. The van der Waals surface area contributed by atoms with Crippen LogP contribution in [0.3, 0.4) is 0 Å². The van der Waals surface area contributed by atoms with Crippen molar-refractivity contribution < 1.29 is 4.79 Å². The molecule has 4 aliphatic carbocycles. The van der Waals surface area contributed by atoms with Gasteiger partial charge in [-0.15, -0.1) is 0 Å². The average Bonchev–Trinajstić information content (AvgIpc) is 3.15. The molecule has 1 N–H and O–H groups in total. The van der Waals surface area contributed by atoms with Gasteiger partial charge in [0.15, 0.2) is 5.13 Å². The number of carbonyl (C=O) groups excluding carboxylic acids is 1. The molecule has 4 nitrogen and oxygen atoms in total. The molecule has 1 saturated heterocycles. The number of benzene rings is 1. The molecular formula is C24H31N3OS. The molecule has 4 saturated carbocycles. The van der Waals surface area contributed by atoms with Crippen molar-refractivity contribution in [3.8, 4) is 0 Å². The highest BCUT2D eigenvalue weighted by Gasteiger charge is 2.54. The molecule has 1 amide bonds. The van der Waals surface area contributed by atoms with Gasteiger partial charge in [-0.1, -0.05) is 23.5 Å². The van der Waals surface area contributed by atoms with E-state index in [1.54, 1.807) is 11.3 Å². The van der Waals surface area contributed by atoms with Crippen LogP contribution in [0.5, 0.6) is 0 Å². The van der Waals surface area contributed by atoms with E-state index in [9.17, 15) is 4.79 Å². The Morgan fingerprint density at radius 2 is 1.72 bits per heavy atom. The van der Waals surface area contributed by atoms with Crippen molar-refractivity contribution >= 4 is 32.6 Å². The first kappa shape index (κ1) is 18.2. The largest absolute Gasteiger partial charge is 0.355 e. The summed E-state index contributed by atoms with van der Waals surface area (Å²) < 4.78 is 1.27. The SMILES string of the molecule is O=C(NCC1CCN(c2nc3ccccc3s2)CC1)C12CC3CC(CC(C3)C1)C2. The highest BCUT2D eigenvalue weighted by atomic mass is 32.1. The lowest BCUT2D eigenvalue weighted by atomic mass is 9.49. The molecule has 5 heteroatoms. The Morgan fingerprint density at radius 1 is 1.07 bits per heavy atom. The van der Waals surface area contributed by atoms with Crippen LogP contribution in [-0.2, 0) is 4.79 Å². The van der Waals surface area contributed by atoms with Crippen LogP contribution in [0.1, 0.15) is 51.4 Å². The maximum absolute atomic E-state index is 13.2. The number of rotatable bonds is 4. The van der Waals surface area contributed by atoms with E-state index in [1.165, 1.54) is 43.2 Å². The zero-order chi connectivity index (χ0) is 19.4. The Labute approximate surface area is 177 Å². The molecular weight excluding hydrogens is 378 g/mol. The number of thiazole rings is 1. The number of hydrogen-bond donors (Lipinski definition) is 1. The number of nitrogens with zero attached hydrogens (tertiary/aromatic N) is 2. The molecule has 7 rings (SSSR count). The van der Waals surface area contributed by atoms with Crippen molar-refractivity contribution in [3.05, 3.63) is 24.3 Å². The van der Waals surface area contributed by atoms with E-state index in [2.05, 4.69) is 34.5 Å². The van der Waals surface area contributed by atoms with Gasteiger partial charge in [-0.3, -0.25) is 4.79 Å². The number of anilines is 1. The lowest BCUT2D eigenvalue weighted by molar-refractivity contribution is -0.146. The van der Waals surface area contributed by atoms with Crippen LogP contribution in [0.15, 0.2) is 24.3 Å². The van der Waals surface area contributed by atoms with Gasteiger partial charge in [0.25, 0.3) is 0 Å². The van der Waals surface area contributed by atoms with Crippen molar-refractivity contribution in [1.29, 1.82) is 0 Å². The van der Waals surface area contributed by atoms with Crippen molar-refractivity contribution in [2.24, 2.45) is 29.1 Å². The van der Waals surface area contributed by atoms with Crippen molar-refractivity contribution in [3.63, 3.8) is 0 Å². The molecule has 5 fully saturated rings. The smallest absolute Gasteiger partial charge is 0.226 e. The van der Waals surface area contributed by atoms with E-state index in [-0.39, 0.29) is 5.41 Å². The Morgan fingerprint density at radius 3 is 2.38 bits per heavy atom. The second kappa shape index (κ2) is 6.97. The van der Waals surface area contributed by atoms with Gasteiger partial charge in [-0.2, -0.15) is 0 Å². The van der Waals surface area contributed by atoms with E-state index in [0.29, 0.717) is 11.8 Å². The maximum Gasteiger partial charge on any atom is 0.226 e. The second-order valence-corrected chi connectivity index (χ2v) is 11.3. The minimum atomic E-state index is -0.00352. The predicted octanol–water partition coefficient (Wildman–Crippen LogP) is 4.85. The summed E-state index contributed by atoms with van der Waals surface area (Å²) in [5.74, 6) is 3.51. The van der Waals surface area contributed by atoms with Crippen molar-refractivity contribution in [1.82, 2.24) is 10.3 Å². The molecule has 0 radical (unpaired) electrons. The quantitative estimate of drug-likeness (QED) is 0.785. The molecule has 0 unspecified atom stereocenters. The number of fused-ring (bicyclic) bond motifs is 1. The third kappa shape index (κ3) is 3.26. The zero-order valence-corrected chi connectivity index (χ0v) is 17.9. The summed E-state index contributed by atoms with van der Waals surface area (Å²) in [7, 11) is 0. The van der Waals surface area contributed by atoms with Gasteiger partial charge < -0.3 is 10.2 Å². The van der Waals surface area contributed by atoms with Gasteiger partial charge in [-0.25, -0.2) is 4.98 Å². The molecule has 4 bridgehead atoms. The standard InChI is InChI=1S/C24H31N3OS/c28-22(24-12-17-9-18(13-24)11-19(10-17)14-24)25-15-16-5-7-27(8-6-16)23-26-20-3-1-2-4-21(20)29-23/h1-4,16-19H,5-15H2,(H,25,28). The molecule has 1 aromatic heterocycles. The molecule has 1 aromatic carbocycles. The number of aromatic nitrogens is 1. The summed E-state index contributed by atoms with van der Waals surface area (Å²) >= 11 is 1.80. The molecule has 2 aromatic rings. The van der Waals surface area contributed by atoms with E-state index in [4.69, 9.17) is 4.98 Å². The van der Waals surface area contributed by atoms with Crippen LogP contribution in [0.25, 0.3) is 10.2 Å². The van der Waals surface area contributed by atoms with Crippen LogP contribution >= 0.6 is 11.3 Å². The first-order chi connectivity index (χ1) is 14.2. The van der Waals surface area contributed by atoms with Gasteiger partial charge in [0, 0.05) is 25.0 Å². The fourth-order valence-electron chi connectivity index (χ4n) is 7.14. The summed E-state index contributed by atoms with van der Waals surface area (Å²) in [6, 6.07) is 8.40. The minimum Gasteiger partial charge on any atom is -0.355 e. The van der Waals surface area contributed by atoms with E-state index < -0.39 is 0 Å². The second-order valence-electron chi connectivity index (χ2n) is 10.3. The van der Waals surface area contributed by atoms with Crippen LogP contribution < -0.4 is 10.2 Å². The molecule has 0 atom stereocenters. The first-order valence-corrected chi connectivity index (χ1v) is 12.4. The van der Waals surface area contributed by atoms with Crippen LogP contribution in [0.4, 0.5) is 5.13 Å². The number of hydrogen-bond acceptors (Lipinski definition) is 4. The average molecular weight is 410 g/mol. The van der Waals surface area contributed by atoms with E-state index in [1.807, 2.05) is 0 Å². The van der Waals surface area contributed by atoms with Crippen LogP contribution in [0, 0.1) is 29.1 Å². The number of nitrogens with one attached hydrogen (secondary N) is 1. The van der Waals surface area contributed by atoms with Gasteiger partial charge in [-0.05, 0) is 87.2 Å². The molecule has 2 heterocycles. The van der Waals surface area contributed by atoms with Gasteiger partial charge in [0.05, 0.1) is 10.2 Å². The summed E-state index contributed by atoms with van der Waals surface area (Å²) in [6.07, 6.45) is 10.0. The Kier molecular flexibility index (Phi) is 4.37. The number of carbonyl (C=O) groups is 1. The monoisotopic (exact) mass is 409 g/mol. The van der Waals surface area contributed by atoms with Gasteiger partial charge >= 0.3 is 0 Å². The van der Waals surface area contributed by atoms with Crippen LogP contribution in [0.2, 0.25) is 0 Å². The number of para-hydroxylation sites is 1. The summed E-state index contributed by atoms with van der Waals surface area (Å²) in [6.45, 7) is 2.98. The predicted molar refractivity (Wildman–Crippen MR) is 118 cm³/mol. The Hall–Kier alpha value is -1.62. The molecule has 29 heavy (non-hydrogen) atoms. The Bertz CT molecular complexity index is 845. The fraction of sp³-hybridized carbons (Fsp3) is 0.667.